The second-order valence-corrected chi connectivity index (χ2v) is 6.00. The van der Waals surface area contributed by atoms with E-state index in [0.29, 0.717) is 0 Å². The highest BCUT2D eigenvalue weighted by molar-refractivity contribution is 5.79. The van der Waals surface area contributed by atoms with E-state index in [-0.39, 0.29) is 0 Å². The van der Waals surface area contributed by atoms with E-state index in [1.54, 1.807) is 14.2 Å². The molecular formula is C22H22O2. The Bertz CT molecular complexity index is 851. The summed E-state index contributed by atoms with van der Waals surface area (Å²) in [6.45, 7) is 4.19. The first-order valence-corrected chi connectivity index (χ1v) is 8.02. The van der Waals surface area contributed by atoms with Crippen molar-refractivity contribution in [3.8, 4) is 33.8 Å². The van der Waals surface area contributed by atoms with Crippen LogP contribution in [-0.2, 0) is 0 Å². The average molecular weight is 318 g/mol. The minimum atomic E-state index is 0.760. The average Bonchev–Trinajstić information content (AvgIpc) is 2.61. The Morgan fingerprint density at radius 3 is 1.96 bits per heavy atom. The van der Waals surface area contributed by atoms with E-state index in [9.17, 15) is 0 Å². The smallest absolute Gasteiger partial charge is 0.168 e. The molecule has 0 spiro atoms. The van der Waals surface area contributed by atoms with E-state index in [1.165, 1.54) is 16.7 Å². The highest BCUT2D eigenvalue weighted by Gasteiger charge is 2.14. The van der Waals surface area contributed by atoms with Crippen molar-refractivity contribution < 1.29 is 9.47 Å². The third kappa shape index (κ3) is 3.13. The number of rotatable bonds is 4. The summed E-state index contributed by atoms with van der Waals surface area (Å²) < 4.78 is 11.1. The molecule has 0 aliphatic rings. The van der Waals surface area contributed by atoms with Crippen LogP contribution < -0.4 is 9.47 Å². The molecule has 0 aliphatic carbocycles. The fraction of sp³-hybridized carbons (Fsp3) is 0.182. The third-order valence-corrected chi connectivity index (χ3v) is 4.12. The van der Waals surface area contributed by atoms with Crippen molar-refractivity contribution in [2.24, 2.45) is 0 Å². The van der Waals surface area contributed by atoms with Crippen molar-refractivity contribution in [2.45, 2.75) is 13.8 Å². The van der Waals surface area contributed by atoms with Gasteiger partial charge in [-0.25, -0.2) is 0 Å². The van der Waals surface area contributed by atoms with Crippen LogP contribution in [0.1, 0.15) is 11.1 Å². The van der Waals surface area contributed by atoms with Gasteiger partial charge in [0.25, 0.3) is 0 Å². The standard InChI is InChI=1S/C22H22O2/c1-15-10-18(17-8-6-5-7-9-17)14-19(11-15)20-12-16(2)13-21(23-3)22(20)24-4/h5-14H,1-4H3. The molecule has 0 aromatic heterocycles. The summed E-state index contributed by atoms with van der Waals surface area (Å²) in [7, 11) is 3.36. The zero-order chi connectivity index (χ0) is 17.1. The van der Waals surface area contributed by atoms with E-state index in [4.69, 9.17) is 9.47 Å². The first-order valence-electron chi connectivity index (χ1n) is 8.02. The van der Waals surface area contributed by atoms with Crippen molar-refractivity contribution in [3.05, 3.63) is 71.8 Å². The molecular weight excluding hydrogens is 296 g/mol. The van der Waals surface area contributed by atoms with Crippen LogP contribution in [0.5, 0.6) is 11.5 Å². The predicted octanol–water partition coefficient (Wildman–Crippen LogP) is 5.65. The molecule has 0 heterocycles. The zero-order valence-electron chi connectivity index (χ0n) is 14.6. The number of methoxy groups -OCH3 is 2. The number of aryl methyl sites for hydroxylation is 2. The van der Waals surface area contributed by atoms with Gasteiger partial charge in [-0.2, -0.15) is 0 Å². The second-order valence-electron chi connectivity index (χ2n) is 6.00. The zero-order valence-corrected chi connectivity index (χ0v) is 14.6. The molecule has 0 radical (unpaired) electrons. The molecule has 2 heteroatoms. The minimum Gasteiger partial charge on any atom is -0.493 e. The summed E-state index contributed by atoms with van der Waals surface area (Å²) in [5.41, 5.74) is 6.95. The number of hydrogen-bond donors (Lipinski definition) is 0. The van der Waals surface area contributed by atoms with E-state index in [0.717, 1.165) is 28.2 Å². The van der Waals surface area contributed by atoms with Gasteiger partial charge in [0.2, 0.25) is 0 Å². The van der Waals surface area contributed by atoms with Gasteiger partial charge in [0.1, 0.15) is 0 Å². The van der Waals surface area contributed by atoms with Crippen molar-refractivity contribution in [2.75, 3.05) is 14.2 Å². The molecule has 122 valence electrons. The van der Waals surface area contributed by atoms with Crippen LogP contribution in [0.25, 0.3) is 22.3 Å². The molecule has 0 saturated carbocycles. The maximum absolute atomic E-state index is 5.64. The number of hydrogen-bond acceptors (Lipinski definition) is 2. The lowest BCUT2D eigenvalue weighted by atomic mass is 9.95. The lowest BCUT2D eigenvalue weighted by Crippen LogP contribution is -1.95. The van der Waals surface area contributed by atoms with Gasteiger partial charge in [-0.1, -0.05) is 42.5 Å². The Morgan fingerprint density at radius 1 is 0.625 bits per heavy atom. The summed E-state index contributed by atoms with van der Waals surface area (Å²) in [5, 5.41) is 0. The minimum absolute atomic E-state index is 0.760. The summed E-state index contributed by atoms with van der Waals surface area (Å²) in [6, 6.07) is 21.2. The van der Waals surface area contributed by atoms with Gasteiger partial charge in [0, 0.05) is 5.56 Å². The monoisotopic (exact) mass is 318 g/mol. The SMILES string of the molecule is COc1cc(C)cc(-c2cc(C)cc(-c3ccccc3)c2)c1OC. The van der Waals surface area contributed by atoms with Gasteiger partial charge in [0.05, 0.1) is 14.2 Å². The fourth-order valence-corrected chi connectivity index (χ4v) is 3.05. The molecule has 3 aromatic carbocycles. The van der Waals surface area contributed by atoms with Crippen molar-refractivity contribution in [3.63, 3.8) is 0 Å². The highest BCUT2D eigenvalue weighted by Crippen LogP contribution is 2.40. The van der Waals surface area contributed by atoms with Crippen LogP contribution in [0.15, 0.2) is 60.7 Å². The first-order chi connectivity index (χ1) is 11.6. The first kappa shape index (κ1) is 16.1. The van der Waals surface area contributed by atoms with Gasteiger partial charge in [-0.05, 0) is 59.9 Å². The molecule has 0 amide bonds. The van der Waals surface area contributed by atoms with E-state index < -0.39 is 0 Å². The van der Waals surface area contributed by atoms with Crippen LogP contribution in [-0.4, -0.2) is 14.2 Å². The summed E-state index contributed by atoms with van der Waals surface area (Å²) in [4.78, 5) is 0. The Balaban J connectivity index is 2.21. The molecule has 0 atom stereocenters. The maximum Gasteiger partial charge on any atom is 0.168 e. The summed E-state index contributed by atoms with van der Waals surface area (Å²) >= 11 is 0. The highest BCUT2D eigenvalue weighted by atomic mass is 16.5. The van der Waals surface area contributed by atoms with Crippen LogP contribution >= 0.6 is 0 Å². The Morgan fingerprint density at radius 2 is 1.29 bits per heavy atom. The molecule has 24 heavy (non-hydrogen) atoms. The van der Waals surface area contributed by atoms with Crippen molar-refractivity contribution >= 4 is 0 Å². The predicted molar refractivity (Wildman–Crippen MR) is 99.9 cm³/mol. The van der Waals surface area contributed by atoms with Crippen molar-refractivity contribution in [1.29, 1.82) is 0 Å². The van der Waals surface area contributed by atoms with Crippen LogP contribution in [0.3, 0.4) is 0 Å². The van der Waals surface area contributed by atoms with Gasteiger partial charge in [0.15, 0.2) is 11.5 Å². The normalized spacial score (nSPS) is 10.5. The third-order valence-electron chi connectivity index (χ3n) is 4.12. The Kier molecular flexibility index (Phi) is 4.57. The summed E-state index contributed by atoms with van der Waals surface area (Å²) in [5.74, 6) is 1.53. The second kappa shape index (κ2) is 6.79. The number of benzene rings is 3. The largest absolute Gasteiger partial charge is 0.493 e. The lowest BCUT2D eigenvalue weighted by Gasteiger charge is -2.16. The van der Waals surface area contributed by atoms with Crippen molar-refractivity contribution in [1.82, 2.24) is 0 Å². The number of ether oxygens (including phenoxy) is 2. The molecule has 0 aliphatic heterocycles. The fourth-order valence-electron chi connectivity index (χ4n) is 3.05. The van der Waals surface area contributed by atoms with Crippen LogP contribution in [0.4, 0.5) is 0 Å². The lowest BCUT2D eigenvalue weighted by molar-refractivity contribution is 0.356. The topological polar surface area (TPSA) is 18.5 Å². The Hall–Kier alpha value is -2.74. The van der Waals surface area contributed by atoms with E-state index >= 15 is 0 Å². The van der Waals surface area contributed by atoms with Gasteiger partial charge < -0.3 is 9.47 Å². The van der Waals surface area contributed by atoms with Crippen LogP contribution in [0, 0.1) is 13.8 Å². The molecule has 0 fully saturated rings. The molecule has 2 nitrogen and oxygen atoms in total. The quantitative estimate of drug-likeness (QED) is 0.618. The van der Waals surface area contributed by atoms with Gasteiger partial charge >= 0.3 is 0 Å². The van der Waals surface area contributed by atoms with Crippen LogP contribution in [0.2, 0.25) is 0 Å². The molecule has 3 aromatic rings. The van der Waals surface area contributed by atoms with Gasteiger partial charge in [-0.15, -0.1) is 0 Å². The Labute approximate surface area is 143 Å². The maximum atomic E-state index is 5.64. The van der Waals surface area contributed by atoms with Gasteiger partial charge in [-0.3, -0.25) is 0 Å². The van der Waals surface area contributed by atoms with E-state index in [2.05, 4.69) is 62.4 Å². The molecule has 0 unspecified atom stereocenters. The van der Waals surface area contributed by atoms with E-state index in [1.807, 2.05) is 12.1 Å². The molecule has 0 N–H and O–H groups in total. The summed E-state index contributed by atoms with van der Waals surface area (Å²) in [6.07, 6.45) is 0. The molecule has 0 saturated heterocycles. The molecule has 0 bridgehead atoms. The molecule has 3 rings (SSSR count).